The molecule has 1 aliphatic heterocycles. The molecular weight excluding hydrogens is 468 g/mol. The van der Waals surface area contributed by atoms with Gasteiger partial charge in [0.15, 0.2) is 5.82 Å². The van der Waals surface area contributed by atoms with Crippen molar-refractivity contribution in [2.24, 2.45) is 0 Å². The van der Waals surface area contributed by atoms with E-state index in [0.717, 1.165) is 19.1 Å². The van der Waals surface area contributed by atoms with Gasteiger partial charge in [-0.2, -0.15) is 0 Å². The quantitative estimate of drug-likeness (QED) is 0.408. The van der Waals surface area contributed by atoms with Crippen LogP contribution in [-0.4, -0.2) is 54.9 Å². The van der Waals surface area contributed by atoms with Gasteiger partial charge < -0.3 is 14.8 Å². The summed E-state index contributed by atoms with van der Waals surface area (Å²) >= 11 is 6.61. The van der Waals surface area contributed by atoms with E-state index in [1.807, 2.05) is 0 Å². The Kier molecular flexibility index (Phi) is 6.78. The van der Waals surface area contributed by atoms with Crippen LogP contribution in [0.2, 0.25) is 5.02 Å². The Bertz CT molecular complexity index is 1280. The van der Waals surface area contributed by atoms with Crippen molar-refractivity contribution >= 4 is 44.1 Å². The zero-order valence-corrected chi connectivity index (χ0v) is 19.7. The molecule has 1 fully saturated rings. The van der Waals surface area contributed by atoms with Crippen molar-refractivity contribution in [3.63, 3.8) is 0 Å². The lowest BCUT2D eigenvalue weighted by molar-refractivity contribution is 0.0330. The number of rotatable bonds is 6. The average Bonchev–Trinajstić information content (AvgIpc) is 2.81. The Labute approximate surface area is 196 Å². The predicted octanol–water partition coefficient (Wildman–Crippen LogP) is 3.59. The number of carbonyl (C=O) groups excluding carboxylic acids is 1. The van der Waals surface area contributed by atoms with E-state index in [9.17, 15) is 13.2 Å². The number of fused-ring (bicyclic) bond motifs is 1. The molecule has 33 heavy (non-hydrogen) atoms. The molecular formula is C22H23ClN4O5S. The van der Waals surface area contributed by atoms with Crippen molar-refractivity contribution in [2.45, 2.75) is 37.1 Å². The molecule has 0 radical (unpaired) electrons. The fourth-order valence-electron chi connectivity index (χ4n) is 3.52. The van der Waals surface area contributed by atoms with E-state index in [0.29, 0.717) is 35.7 Å². The number of aromatic nitrogens is 3. The maximum absolute atomic E-state index is 12.5. The largest absolute Gasteiger partial charge is 0.452 e. The molecule has 2 aromatic heterocycles. The Morgan fingerprint density at radius 1 is 1.27 bits per heavy atom. The van der Waals surface area contributed by atoms with Gasteiger partial charge in [0.2, 0.25) is 15.0 Å². The third-order valence-electron chi connectivity index (χ3n) is 5.20. The van der Waals surface area contributed by atoms with Crippen molar-refractivity contribution in [1.29, 1.82) is 0 Å². The molecule has 1 aliphatic rings. The predicted molar refractivity (Wildman–Crippen MR) is 123 cm³/mol. The number of ether oxygens (including phenoxy) is 2. The van der Waals surface area contributed by atoms with Crippen LogP contribution in [0, 0.1) is 0 Å². The molecule has 0 spiro atoms. The Morgan fingerprint density at radius 2 is 2.03 bits per heavy atom. The first-order valence-corrected chi connectivity index (χ1v) is 12.7. The van der Waals surface area contributed by atoms with Gasteiger partial charge in [-0.15, -0.1) is 0 Å². The van der Waals surface area contributed by atoms with Gasteiger partial charge in [-0.3, -0.25) is 0 Å². The van der Waals surface area contributed by atoms with Gasteiger partial charge >= 0.3 is 5.97 Å². The van der Waals surface area contributed by atoms with Crippen LogP contribution >= 0.6 is 11.6 Å². The molecule has 11 heteroatoms. The number of esters is 1. The number of halogens is 1. The van der Waals surface area contributed by atoms with Gasteiger partial charge in [0.25, 0.3) is 0 Å². The van der Waals surface area contributed by atoms with Crippen LogP contribution in [0.5, 0.6) is 0 Å². The fraction of sp³-hybridized carbons (Fsp3) is 0.364. The molecule has 1 saturated heterocycles. The van der Waals surface area contributed by atoms with Crippen molar-refractivity contribution in [2.75, 3.05) is 24.8 Å². The van der Waals surface area contributed by atoms with Gasteiger partial charge in [0, 0.05) is 24.4 Å². The molecule has 174 valence electrons. The summed E-state index contributed by atoms with van der Waals surface area (Å²) in [5.41, 5.74) is 0.981. The van der Waals surface area contributed by atoms with Gasteiger partial charge in [-0.1, -0.05) is 29.8 Å². The lowest BCUT2D eigenvalue weighted by Crippen LogP contribution is -2.30. The Balaban J connectivity index is 1.76. The molecule has 1 N–H and O–H groups in total. The molecule has 0 saturated carbocycles. The zero-order valence-electron chi connectivity index (χ0n) is 18.1. The number of nitrogens with zero attached hydrogens (tertiary/aromatic N) is 3. The fourth-order valence-corrected chi connectivity index (χ4v) is 4.36. The summed E-state index contributed by atoms with van der Waals surface area (Å²) < 4.78 is 35.2. The van der Waals surface area contributed by atoms with Gasteiger partial charge in [0.05, 0.1) is 23.2 Å². The van der Waals surface area contributed by atoms with Crippen LogP contribution < -0.4 is 5.32 Å². The summed E-state index contributed by atoms with van der Waals surface area (Å²) in [6.45, 7) is 2.83. The van der Waals surface area contributed by atoms with Crippen LogP contribution in [0.25, 0.3) is 10.9 Å². The first-order chi connectivity index (χ1) is 15.7. The number of anilines is 1. The van der Waals surface area contributed by atoms with Crippen molar-refractivity contribution in [1.82, 2.24) is 15.0 Å². The molecule has 0 bridgehead atoms. The van der Waals surface area contributed by atoms with E-state index in [4.69, 9.17) is 21.1 Å². The van der Waals surface area contributed by atoms with Crippen LogP contribution in [0.3, 0.4) is 0 Å². The molecule has 4 rings (SSSR count). The molecule has 0 unspecified atom stereocenters. The maximum Gasteiger partial charge on any atom is 0.338 e. The van der Waals surface area contributed by atoms with E-state index in [1.165, 1.54) is 6.20 Å². The van der Waals surface area contributed by atoms with Gasteiger partial charge in [-0.05, 0) is 31.9 Å². The average molecular weight is 491 g/mol. The molecule has 0 amide bonds. The Morgan fingerprint density at radius 3 is 2.70 bits per heavy atom. The smallest absolute Gasteiger partial charge is 0.338 e. The summed E-state index contributed by atoms with van der Waals surface area (Å²) in [4.78, 5) is 25.3. The first-order valence-electron chi connectivity index (χ1n) is 10.4. The summed E-state index contributed by atoms with van der Waals surface area (Å²) in [7, 11) is -3.64. The molecule has 2 atom stereocenters. The molecule has 3 aromatic rings. The van der Waals surface area contributed by atoms with Gasteiger partial charge in [0.1, 0.15) is 17.3 Å². The lowest BCUT2D eigenvalue weighted by Gasteiger charge is -2.25. The van der Waals surface area contributed by atoms with Crippen LogP contribution in [0.4, 0.5) is 5.82 Å². The Hall–Kier alpha value is -2.82. The monoisotopic (exact) mass is 490 g/mol. The van der Waals surface area contributed by atoms with E-state index in [2.05, 4.69) is 20.3 Å². The van der Waals surface area contributed by atoms with Crippen LogP contribution in [-0.2, 0) is 19.3 Å². The van der Waals surface area contributed by atoms with Crippen molar-refractivity contribution < 1.29 is 22.7 Å². The SMILES string of the molecule is C[C@@H](OC(=O)c1ccccc1)c1nc(N[C@H]2CCCOC2)c2nc(S(C)(=O)=O)ncc2c1Cl. The van der Waals surface area contributed by atoms with E-state index in [1.54, 1.807) is 37.3 Å². The number of sulfone groups is 1. The maximum atomic E-state index is 12.5. The first kappa shape index (κ1) is 23.3. The van der Waals surface area contributed by atoms with Crippen molar-refractivity contribution in [3.8, 4) is 0 Å². The summed E-state index contributed by atoms with van der Waals surface area (Å²) in [6.07, 6.45) is 3.33. The lowest BCUT2D eigenvalue weighted by atomic mass is 10.1. The summed E-state index contributed by atoms with van der Waals surface area (Å²) in [6, 6.07) is 8.56. The third kappa shape index (κ3) is 5.23. The molecule has 0 aliphatic carbocycles. The van der Waals surface area contributed by atoms with E-state index in [-0.39, 0.29) is 21.7 Å². The standard InChI is InChI=1S/C22H23ClN4O5S/c1-13(32-21(28)14-7-4-3-5-8-14)18-17(23)16-11-24-22(33(2,29)30)27-19(16)20(26-18)25-15-9-6-10-31-12-15/h3-5,7-8,11,13,15H,6,9-10,12H2,1-2H3,(H,25,26)/t13-,15+/m1/s1. The van der Waals surface area contributed by atoms with Crippen LogP contribution in [0.1, 0.15) is 41.9 Å². The molecule has 9 nitrogen and oxygen atoms in total. The third-order valence-corrected chi connectivity index (χ3v) is 6.45. The summed E-state index contributed by atoms with van der Waals surface area (Å²) in [5.74, 6) is -0.185. The van der Waals surface area contributed by atoms with Gasteiger partial charge in [-0.25, -0.2) is 28.2 Å². The molecule has 1 aromatic carbocycles. The number of hydrogen-bond donors (Lipinski definition) is 1. The topological polar surface area (TPSA) is 120 Å². The van der Waals surface area contributed by atoms with Crippen molar-refractivity contribution in [3.05, 3.63) is 52.8 Å². The number of pyridine rings is 1. The number of carbonyl (C=O) groups is 1. The number of benzene rings is 1. The highest BCUT2D eigenvalue weighted by Gasteiger charge is 2.25. The number of hydrogen-bond acceptors (Lipinski definition) is 9. The van der Waals surface area contributed by atoms with E-state index < -0.39 is 21.9 Å². The highest BCUT2D eigenvalue weighted by atomic mass is 35.5. The minimum atomic E-state index is -3.64. The minimum Gasteiger partial charge on any atom is -0.452 e. The zero-order chi connectivity index (χ0) is 23.6. The normalized spacial score (nSPS) is 17.5. The highest BCUT2D eigenvalue weighted by Crippen LogP contribution is 2.35. The second kappa shape index (κ2) is 9.58. The summed E-state index contributed by atoms with van der Waals surface area (Å²) in [5, 5.41) is 3.55. The van der Waals surface area contributed by atoms with E-state index >= 15 is 0 Å². The minimum absolute atomic E-state index is 0.0395. The number of nitrogens with one attached hydrogen (secondary N) is 1. The highest BCUT2D eigenvalue weighted by molar-refractivity contribution is 7.90. The molecule has 3 heterocycles. The van der Waals surface area contributed by atoms with Crippen LogP contribution in [0.15, 0.2) is 41.7 Å². The second-order valence-corrected chi connectivity index (χ2v) is 10.1. The second-order valence-electron chi connectivity index (χ2n) is 7.82.